The molecular weight excluding hydrogens is 348 g/mol. The number of urea groups is 1. The van der Waals surface area contributed by atoms with Crippen molar-refractivity contribution in [2.45, 2.75) is 24.5 Å². The van der Waals surface area contributed by atoms with Crippen molar-refractivity contribution < 1.29 is 24.9 Å². The van der Waals surface area contributed by atoms with Gasteiger partial charge >= 0.3 is 6.03 Å². The molecule has 13 nitrogen and oxygen atoms in total. The number of rotatable bonds is 5. The normalized spacial score (nSPS) is 27.5. The first-order valence-corrected chi connectivity index (χ1v) is 7.99. The topological polar surface area (TPSA) is 195 Å². The van der Waals surface area contributed by atoms with Gasteiger partial charge in [0.05, 0.1) is 6.61 Å². The van der Waals surface area contributed by atoms with E-state index in [0.29, 0.717) is 11.5 Å². The highest BCUT2D eigenvalue weighted by molar-refractivity contribution is 5.85. The Kier molecular flexibility index (Phi) is 5.24. The molecule has 144 valence electrons. The lowest BCUT2D eigenvalue weighted by molar-refractivity contribution is -0.0222. The van der Waals surface area contributed by atoms with Gasteiger partial charge in [0.2, 0.25) is 0 Å². The van der Waals surface area contributed by atoms with Crippen LogP contribution in [0.25, 0.3) is 0 Å². The lowest BCUT2D eigenvalue weighted by atomic mass is 10.1. The lowest BCUT2D eigenvalue weighted by Crippen LogP contribution is -2.52. The zero-order valence-electron chi connectivity index (χ0n) is 13.8. The van der Waals surface area contributed by atoms with Crippen LogP contribution in [0, 0.1) is 0 Å². The molecule has 2 amide bonds. The fourth-order valence-corrected chi connectivity index (χ4v) is 2.92. The van der Waals surface area contributed by atoms with Crippen molar-refractivity contribution >= 4 is 23.4 Å². The summed E-state index contributed by atoms with van der Waals surface area (Å²) in [4.78, 5) is 21.5. The van der Waals surface area contributed by atoms with Crippen LogP contribution < -0.4 is 32.1 Å². The summed E-state index contributed by atoms with van der Waals surface area (Å²) >= 11 is 0. The first-order chi connectivity index (χ1) is 12.5. The Balaban J connectivity index is 1.84. The Morgan fingerprint density at radius 3 is 2.81 bits per heavy atom. The van der Waals surface area contributed by atoms with Crippen LogP contribution in [0.15, 0.2) is 6.33 Å². The average Bonchev–Trinajstić information content (AvgIpc) is 3.12. The van der Waals surface area contributed by atoms with E-state index in [1.54, 1.807) is 0 Å². The summed E-state index contributed by atoms with van der Waals surface area (Å²) in [5.41, 5.74) is 14.2. The number of nitrogens with zero attached hydrogens (tertiary/aromatic N) is 4. The minimum absolute atomic E-state index is 0.0286. The van der Waals surface area contributed by atoms with Gasteiger partial charge in [-0.15, -0.1) is 0 Å². The van der Waals surface area contributed by atoms with Gasteiger partial charge in [0, 0.05) is 13.1 Å². The molecule has 1 saturated heterocycles. The molecule has 3 rings (SSSR count). The molecule has 1 aromatic rings. The molecule has 4 atom stereocenters. The molecule has 0 spiro atoms. The molecular formula is C13H22N8O5. The van der Waals surface area contributed by atoms with Crippen LogP contribution in [0.4, 0.5) is 22.1 Å². The van der Waals surface area contributed by atoms with E-state index in [1.165, 1.54) is 16.2 Å². The molecule has 0 aromatic carbocycles. The number of ether oxygens (including phenoxy) is 1. The third-order valence-corrected chi connectivity index (χ3v) is 4.16. The van der Waals surface area contributed by atoms with Crippen molar-refractivity contribution in [3.05, 3.63) is 6.33 Å². The van der Waals surface area contributed by atoms with Crippen molar-refractivity contribution in [2.75, 3.05) is 42.0 Å². The number of hydrazine groups is 1. The van der Waals surface area contributed by atoms with Gasteiger partial charge in [-0.2, -0.15) is 0 Å². The SMILES string of the molecule is NCCNC(=O)NN1CN([C@@H]2O[C@H](CO)C(O)C2O)c2ncnc(N)c21. The third kappa shape index (κ3) is 3.17. The van der Waals surface area contributed by atoms with Crippen LogP contribution in [0.1, 0.15) is 0 Å². The van der Waals surface area contributed by atoms with Gasteiger partial charge in [0.15, 0.2) is 17.9 Å². The summed E-state index contributed by atoms with van der Waals surface area (Å²) in [6.07, 6.45) is -3.24. The molecule has 0 saturated carbocycles. The second kappa shape index (κ2) is 7.43. The van der Waals surface area contributed by atoms with Crippen LogP contribution in [0.2, 0.25) is 0 Å². The standard InChI is InChI=1S/C13H22N8O5/c14-1-2-16-13(25)19-21-5-20(11-7(21)10(15)17-4-18-11)12-9(24)8(23)6(3-22)26-12/h4,6,8-9,12,22-24H,1-3,5,14H2,(H2,15,17,18)(H2,16,19,25)/t6-,8?,9?,12-/m1/s1. The predicted octanol–water partition coefficient (Wildman–Crippen LogP) is -3.75. The number of carbonyl (C=O) groups excluding carboxylic acids is 1. The van der Waals surface area contributed by atoms with Crippen LogP contribution >= 0.6 is 0 Å². The van der Waals surface area contributed by atoms with Crippen molar-refractivity contribution in [3.8, 4) is 0 Å². The highest BCUT2D eigenvalue weighted by Crippen LogP contribution is 2.40. The lowest BCUT2D eigenvalue weighted by Gasteiger charge is -2.28. The summed E-state index contributed by atoms with van der Waals surface area (Å²) in [5.74, 6) is 0.426. The fourth-order valence-electron chi connectivity index (χ4n) is 2.92. The Hall–Kier alpha value is -2.45. The predicted molar refractivity (Wildman–Crippen MR) is 89.6 cm³/mol. The Bertz CT molecular complexity index is 663. The molecule has 0 bridgehead atoms. The smallest absolute Gasteiger partial charge is 0.333 e. The van der Waals surface area contributed by atoms with Crippen LogP contribution in [-0.4, -0.2) is 82.2 Å². The summed E-state index contributed by atoms with van der Waals surface area (Å²) < 4.78 is 5.54. The van der Waals surface area contributed by atoms with Crippen LogP contribution in [0.3, 0.4) is 0 Å². The number of hydrogen-bond donors (Lipinski definition) is 7. The van der Waals surface area contributed by atoms with E-state index in [-0.39, 0.29) is 25.6 Å². The molecule has 0 aliphatic carbocycles. The van der Waals surface area contributed by atoms with E-state index in [0.717, 1.165) is 0 Å². The Labute approximate surface area is 148 Å². The van der Waals surface area contributed by atoms with Crippen molar-refractivity contribution in [2.24, 2.45) is 5.73 Å². The molecule has 13 heteroatoms. The summed E-state index contributed by atoms with van der Waals surface area (Å²) in [5, 5.41) is 33.4. The number of anilines is 3. The summed E-state index contributed by atoms with van der Waals surface area (Å²) in [6.45, 7) is 0.140. The number of fused-ring (bicyclic) bond motifs is 1. The number of aliphatic hydroxyl groups is 3. The van der Waals surface area contributed by atoms with E-state index in [1.807, 2.05) is 0 Å². The number of aromatic nitrogens is 2. The van der Waals surface area contributed by atoms with Gasteiger partial charge in [0.25, 0.3) is 0 Å². The first-order valence-electron chi connectivity index (χ1n) is 7.99. The highest BCUT2D eigenvalue weighted by atomic mass is 16.6. The Morgan fingerprint density at radius 2 is 2.15 bits per heavy atom. The highest BCUT2D eigenvalue weighted by Gasteiger charge is 2.48. The molecule has 0 radical (unpaired) electrons. The summed E-state index contributed by atoms with van der Waals surface area (Å²) in [6, 6.07) is -0.507. The van der Waals surface area contributed by atoms with Crippen molar-refractivity contribution in [3.63, 3.8) is 0 Å². The molecule has 2 aliphatic rings. The molecule has 9 N–H and O–H groups in total. The zero-order valence-corrected chi connectivity index (χ0v) is 13.8. The number of hydrogen-bond acceptors (Lipinski definition) is 11. The monoisotopic (exact) mass is 370 g/mol. The second-order valence-corrected chi connectivity index (χ2v) is 5.86. The molecule has 2 aliphatic heterocycles. The number of amides is 2. The van der Waals surface area contributed by atoms with E-state index in [9.17, 15) is 20.1 Å². The maximum Gasteiger partial charge on any atom is 0.333 e. The van der Waals surface area contributed by atoms with E-state index < -0.39 is 37.2 Å². The fraction of sp³-hybridized carbons (Fsp3) is 0.615. The van der Waals surface area contributed by atoms with Crippen LogP contribution in [-0.2, 0) is 4.74 Å². The van der Waals surface area contributed by atoms with E-state index in [4.69, 9.17) is 16.2 Å². The van der Waals surface area contributed by atoms with E-state index in [2.05, 4.69) is 20.7 Å². The number of nitrogens with two attached hydrogens (primary N) is 2. The number of nitrogen functional groups attached to an aromatic ring is 1. The first kappa shape index (κ1) is 18.3. The zero-order chi connectivity index (χ0) is 18.8. The second-order valence-electron chi connectivity index (χ2n) is 5.86. The quantitative estimate of drug-likeness (QED) is 0.269. The van der Waals surface area contributed by atoms with Gasteiger partial charge in [-0.1, -0.05) is 0 Å². The largest absolute Gasteiger partial charge is 0.394 e. The summed E-state index contributed by atoms with van der Waals surface area (Å²) in [7, 11) is 0. The maximum absolute atomic E-state index is 11.9. The molecule has 3 heterocycles. The number of nitrogens with one attached hydrogen (secondary N) is 2. The Morgan fingerprint density at radius 1 is 1.38 bits per heavy atom. The number of aliphatic hydroxyl groups excluding tert-OH is 3. The van der Waals surface area contributed by atoms with Crippen molar-refractivity contribution in [1.29, 1.82) is 0 Å². The van der Waals surface area contributed by atoms with Gasteiger partial charge < -0.3 is 41.7 Å². The van der Waals surface area contributed by atoms with Gasteiger partial charge in [-0.25, -0.2) is 20.2 Å². The molecule has 1 fully saturated rings. The molecule has 2 unspecified atom stereocenters. The third-order valence-electron chi connectivity index (χ3n) is 4.16. The van der Waals surface area contributed by atoms with Gasteiger partial charge in [0.1, 0.15) is 37.0 Å². The number of carbonyl (C=O) groups is 1. The minimum atomic E-state index is -1.29. The van der Waals surface area contributed by atoms with Crippen LogP contribution in [0.5, 0.6) is 0 Å². The maximum atomic E-state index is 11.9. The van der Waals surface area contributed by atoms with Gasteiger partial charge in [-0.3, -0.25) is 5.01 Å². The minimum Gasteiger partial charge on any atom is -0.394 e. The van der Waals surface area contributed by atoms with E-state index >= 15 is 0 Å². The van der Waals surface area contributed by atoms with Gasteiger partial charge in [-0.05, 0) is 0 Å². The molecule has 1 aromatic heterocycles. The average molecular weight is 370 g/mol. The molecule has 26 heavy (non-hydrogen) atoms. The van der Waals surface area contributed by atoms with Crippen molar-refractivity contribution in [1.82, 2.24) is 20.7 Å².